The fourth-order valence-corrected chi connectivity index (χ4v) is 1.63. The third-order valence-corrected chi connectivity index (χ3v) is 2.61. The molecule has 0 aliphatic heterocycles. The number of aromatic nitrogens is 2. The van der Waals surface area contributed by atoms with Crippen molar-refractivity contribution in [2.24, 2.45) is 5.73 Å². The molecule has 0 spiro atoms. The maximum atomic E-state index is 5.64. The summed E-state index contributed by atoms with van der Waals surface area (Å²) in [6.45, 7) is 1.92. The summed E-state index contributed by atoms with van der Waals surface area (Å²) in [5.41, 5.74) is 7.35. The summed E-state index contributed by atoms with van der Waals surface area (Å²) in [6.07, 6.45) is 0. The van der Waals surface area contributed by atoms with Gasteiger partial charge in [-0.15, -0.1) is 0 Å². The molecule has 94 valence electrons. The number of ether oxygens (including phenoxy) is 1. The van der Waals surface area contributed by atoms with Crippen molar-refractivity contribution in [3.8, 4) is 5.75 Å². The Morgan fingerprint density at radius 1 is 1.39 bits per heavy atom. The van der Waals surface area contributed by atoms with Gasteiger partial charge in [-0.3, -0.25) is 10.7 Å². The van der Waals surface area contributed by atoms with Crippen molar-refractivity contribution in [3.63, 3.8) is 0 Å². The van der Waals surface area contributed by atoms with Crippen molar-refractivity contribution >= 4 is 22.8 Å². The van der Waals surface area contributed by atoms with Crippen LogP contribution < -0.4 is 20.8 Å². The van der Waals surface area contributed by atoms with Crippen molar-refractivity contribution in [1.82, 2.24) is 9.97 Å². The lowest BCUT2D eigenvalue weighted by Gasteiger charge is -2.05. The second kappa shape index (κ2) is 4.87. The number of nitrogens with two attached hydrogens (primary N) is 1. The van der Waals surface area contributed by atoms with E-state index in [2.05, 4.69) is 20.3 Å². The normalized spacial score (nSPS) is 11.6. The molecule has 0 radical (unpaired) electrons. The maximum absolute atomic E-state index is 5.64. The number of methoxy groups -OCH3 is 1. The van der Waals surface area contributed by atoms with Crippen molar-refractivity contribution in [2.75, 3.05) is 19.5 Å². The van der Waals surface area contributed by atoms with Gasteiger partial charge in [-0.05, 0) is 25.1 Å². The summed E-state index contributed by atoms with van der Waals surface area (Å²) < 4.78 is 5.18. The third kappa shape index (κ3) is 2.32. The number of nitrogens with zero attached hydrogens (tertiary/aromatic N) is 2. The molecule has 2 aromatic rings. The Hall–Kier alpha value is -2.37. The van der Waals surface area contributed by atoms with E-state index in [1.165, 1.54) is 0 Å². The zero-order valence-electron chi connectivity index (χ0n) is 10.6. The van der Waals surface area contributed by atoms with Crippen molar-refractivity contribution in [2.45, 2.75) is 6.92 Å². The molecular formula is C12H16N5O+. The molecule has 0 saturated heterocycles. The number of anilines is 1. The van der Waals surface area contributed by atoms with Gasteiger partial charge < -0.3 is 4.74 Å². The van der Waals surface area contributed by atoms with E-state index < -0.39 is 0 Å². The van der Waals surface area contributed by atoms with Gasteiger partial charge in [0.15, 0.2) is 0 Å². The third-order valence-electron chi connectivity index (χ3n) is 2.61. The maximum Gasteiger partial charge on any atom is 0.348 e. The van der Waals surface area contributed by atoms with Crippen LogP contribution in [0.4, 0.5) is 5.95 Å². The Morgan fingerprint density at radius 2 is 2.17 bits per heavy atom. The van der Waals surface area contributed by atoms with E-state index in [9.17, 15) is 0 Å². The molecule has 0 fully saturated rings. The first-order valence-electron chi connectivity index (χ1n) is 5.53. The van der Waals surface area contributed by atoms with Gasteiger partial charge in [0.1, 0.15) is 5.75 Å². The van der Waals surface area contributed by atoms with Crippen LogP contribution in [0.15, 0.2) is 18.2 Å². The minimum absolute atomic E-state index is 0.405. The van der Waals surface area contributed by atoms with Gasteiger partial charge in [-0.1, -0.05) is 0 Å². The number of benzene rings is 1. The van der Waals surface area contributed by atoms with E-state index >= 15 is 0 Å². The van der Waals surface area contributed by atoms with E-state index in [-0.39, 0.29) is 0 Å². The van der Waals surface area contributed by atoms with Crippen molar-refractivity contribution in [1.29, 1.82) is 0 Å². The zero-order chi connectivity index (χ0) is 13.1. The molecule has 6 heteroatoms. The second-order valence-corrected chi connectivity index (χ2v) is 3.80. The highest BCUT2D eigenvalue weighted by Crippen LogP contribution is 2.22. The molecule has 0 aliphatic rings. The molecule has 0 atom stereocenters. The molecule has 2 rings (SSSR count). The first-order valence-corrected chi connectivity index (χ1v) is 5.53. The Labute approximate surface area is 105 Å². The van der Waals surface area contributed by atoms with Gasteiger partial charge in [-0.25, -0.2) is 10.3 Å². The molecule has 4 N–H and O–H groups in total. The summed E-state index contributed by atoms with van der Waals surface area (Å²) in [7, 11) is 3.36. The molecule has 0 unspecified atom stereocenters. The van der Waals surface area contributed by atoms with Gasteiger partial charge in [0.05, 0.1) is 25.4 Å². The van der Waals surface area contributed by atoms with E-state index in [1.54, 1.807) is 14.2 Å². The molecule has 0 aliphatic carbocycles. The SMILES string of the molecule is C[NH+]=C(N)Nc1nc(C)c2cc(OC)ccc2n1. The minimum Gasteiger partial charge on any atom is -0.497 e. The summed E-state index contributed by atoms with van der Waals surface area (Å²) in [5.74, 6) is 1.66. The molecule has 0 bridgehead atoms. The van der Waals surface area contributed by atoms with E-state index in [4.69, 9.17) is 10.5 Å². The number of aryl methyl sites for hydroxylation is 1. The van der Waals surface area contributed by atoms with Crippen LogP contribution in [0, 0.1) is 6.92 Å². The molecular weight excluding hydrogens is 230 g/mol. The van der Waals surface area contributed by atoms with Gasteiger partial charge in [0.25, 0.3) is 5.95 Å². The summed E-state index contributed by atoms with van der Waals surface area (Å²) >= 11 is 0. The summed E-state index contributed by atoms with van der Waals surface area (Å²) in [4.78, 5) is 11.5. The first kappa shape index (κ1) is 12.1. The van der Waals surface area contributed by atoms with E-state index in [0.717, 1.165) is 22.3 Å². The number of hydrogen-bond acceptors (Lipinski definition) is 3. The van der Waals surface area contributed by atoms with Crippen LogP contribution in [0.2, 0.25) is 0 Å². The lowest BCUT2D eigenvalue weighted by Crippen LogP contribution is -2.73. The first-order chi connectivity index (χ1) is 8.63. The van der Waals surface area contributed by atoms with Gasteiger partial charge in [-0.2, -0.15) is 4.98 Å². The molecule has 18 heavy (non-hydrogen) atoms. The van der Waals surface area contributed by atoms with Gasteiger partial charge in [0.2, 0.25) is 0 Å². The summed E-state index contributed by atoms with van der Waals surface area (Å²) in [5, 5.41) is 3.84. The van der Waals surface area contributed by atoms with Crippen LogP contribution >= 0.6 is 0 Å². The molecule has 6 nitrogen and oxygen atoms in total. The molecule has 0 saturated carbocycles. The van der Waals surface area contributed by atoms with Crippen LogP contribution in [-0.4, -0.2) is 30.1 Å². The van der Waals surface area contributed by atoms with Gasteiger partial charge in [0, 0.05) is 5.39 Å². The highest BCUT2D eigenvalue weighted by molar-refractivity contribution is 5.88. The molecule has 1 aromatic heterocycles. The smallest absolute Gasteiger partial charge is 0.348 e. The average Bonchev–Trinajstić information content (AvgIpc) is 2.38. The summed E-state index contributed by atoms with van der Waals surface area (Å²) in [6, 6.07) is 5.67. The minimum atomic E-state index is 0.405. The van der Waals surface area contributed by atoms with Gasteiger partial charge >= 0.3 is 5.96 Å². The van der Waals surface area contributed by atoms with Crippen LogP contribution in [-0.2, 0) is 0 Å². The fourth-order valence-electron chi connectivity index (χ4n) is 1.63. The predicted octanol–water partition coefficient (Wildman–Crippen LogP) is -0.616. The quantitative estimate of drug-likeness (QED) is 0.486. The van der Waals surface area contributed by atoms with Crippen LogP contribution in [0.5, 0.6) is 5.75 Å². The molecule has 0 amide bonds. The van der Waals surface area contributed by atoms with Crippen LogP contribution in [0.25, 0.3) is 10.9 Å². The second-order valence-electron chi connectivity index (χ2n) is 3.80. The van der Waals surface area contributed by atoms with E-state index in [1.807, 2.05) is 25.1 Å². The van der Waals surface area contributed by atoms with Crippen LogP contribution in [0.1, 0.15) is 5.69 Å². The lowest BCUT2D eigenvalue weighted by atomic mass is 10.2. The van der Waals surface area contributed by atoms with Crippen molar-refractivity contribution in [3.05, 3.63) is 23.9 Å². The van der Waals surface area contributed by atoms with E-state index in [0.29, 0.717) is 11.9 Å². The highest BCUT2D eigenvalue weighted by atomic mass is 16.5. The van der Waals surface area contributed by atoms with Crippen molar-refractivity contribution < 1.29 is 9.73 Å². The number of rotatable bonds is 2. The molecule has 1 heterocycles. The largest absolute Gasteiger partial charge is 0.497 e. The number of hydrogen-bond donors (Lipinski definition) is 3. The Balaban J connectivity index is 2.49. The Bertz CT molecular complexity index is 609. The highest BCUT2D eigenvalue weighted by Gasteiger charge is 2.09. The standard InChI is InChI=1S/C12H15N5O/c1-7-9-6-8(18-3)4-5-10(9)16-12(15-7)17-11(13)14-2/h4-6H,1-3H3,(H3,13,14,15,16,17)/p+1. The zero-order valence-corrected chi connectivity index (χ0v) is 10.6. The lowest BCUT2D eigenvalue weighted by molar-refractivity contribution is -0.420. The Morgan fingerprint density at radius 3 is 2.83 bits per heavy atom. The predicted molar refractivity (Wildman–Crippen MR) is 70.5 cm³/mol. The van der Waals surface area contributed by atoms with Crippen LogP contribution in [0.3, 0.4) is 0 Å². The number of nitrogens with one attached hydrogen (secondary N) is 2. The average molecular weight is 246 g/mol. The monoisotopic (exact) mass is 246 g/mol. The number of fused-ring (bicyclic) bond motifs is 1. The topological polar surface area (TPSA) is 87.0 Å². The number of guanidine groups is 1. The Kier molecular flexibility index (Phi) is 3.27. The fraction of sp³-hybridized carbons (Fsp3) is 0.250. The molecule has 1 aromatic carbocycles.